The summed E-state index contributed by atoms with van der Waals surface area (Å²) in [5.41, 5.74) is 4.16. The lowest BCUT2D eigenvalue weighted by molar-refractivity contribution is -0.122. The van der Waals surface area contributed by atoms with Crippen molar-refractivity contribution in [1.29, 1.82) is 0 Å². The van der Waals surface area contributed by atoms with Crippen LogP contribution >= 0.6 is 12.4 Å². The SMILES string of the molecule is Cl.O=C(Cn1cc(C(=O)NCc2ccc3c(c2)CNC3)cn1)NC1CCCCC1. The van der Waals surface area contributed by atoms with Gasteiger partial charge in [0.15, 0.2) is 0 Å². The number of amides is 2. The minimum Gasteiger partial charge on any atom is -0.352 e. The van der Waals surface area contributed by atoms with Crippen molar-refractivity contribution in [2.24, 2.45) is 0 Å². The van der Waals surface area contributed by atoms with E-state index in [4.69, 9.17) is 0 Å². The number of aromatic nitrogens is 2. The van der Waals surface area contributed by atoms with Crippen LogP contribution in [0.2, 0.25) is 0 Å². The Morgan fingerprint density at radius 3 is 2.76 bits per heavy atom. The van der Waals surface area contributed by atoms with Crippen LogP contribution in [0.4, 0.5) is 0 Å². The smallest absolute Gasteiger partial charge is 0.254 e. The third-order valence-electron chi connectivity index (χ3n) is 5.53. The summed E-state index contributed by atoms with van der Waals surface area (Å²) in [5, 5.41) is 13.5. The molecular formula is C21H28ClN5O2. The summed E-state index contributed by atoms with van der Waals surface area (Å²) in [4.78, 5) is 24.6. The van der Waals surface area contributed by atoms with Gasteiger partial charge in [-0.25, -0.2) is 0 Å². The van der Waals surface area contributed by atoms with Crippen molar-refractivity contribution in [2.75, 3.05) is 0 Å². The molecule has 0 unspecified atom stereocenters. The van der Waals surface area contributed by atoms with Crippen LogP contribution in [0.5, 0.6) is 0 Å². The number of hydrogen-bond donors (Lipinski definition) is 3. The van der Waals surface area contributed by atoms with Crippen molar-refractivity contribution in [3.63, 3.8) is 0 Å². The number of carbonyl (C=O) groups is 2. The lowest BCUT2D eigenvalue weighted by Gasteiger charge is -2.22. The van der Waals surface area contributed by atoms with Gasteiger partial charge in [0.2, 0.25) is 5.91 Å². The van der Waals surface area contributed by atoms with Gasteiger partial charge in [0.05, 0.1) is 11.8 Å². The van der Waals surface area contributed by atoms with Gasteiger partial charge in [-0.05, 0) is 29.5 Å². The van der Waals surface area contributed by atoms with Gasteiger partial charge < -0.3 is 16.0 Å². The maximum atomic E-state index is 12.4. The molecule has 2 aromatic rings. The molecule has 1 fully saturated rings. The van der Waals surface area contributed by atoms with Crippen LogP contribution in [0, 0.1) is 0 Å². The molecule has 1 aromatic carbocycles. The molecule has 0 atom stereocenters. The summed E-state index contributed by atoms with van der Waals surface area (Å²) in [6.45, 7) is 2.41. The van der Waals surface area contributed by atoms with Gasteiger partial charge in [0.1, 0.15) is 6.54 Å². The number of benzene rings is 1. The monoisotopic (exact) mass is 417 g/mol. The zero-order chi connectivity index (χ0) is 19.3. The number of nitrogens with one attached hydrogen (secondary N) is 3. The minimum atomic E-state index is -0.183. The summed E-state index contributed by atoms with van der Waals surface area (Å²) in [6.07, 6.45) is 8.86. The number of halogens is 1. The zero-order valence-electron chi connectivity index (χ0n) is 16.4. The summed E-state index contributed by atoms with van der Waals surface area (Å²) in [6, 6.07) is 6.57. The molecule has 2 aliphatic rings. The standard InChI is InChI=1S/C21H27N5O2.ClH/c27-20(25-19-4-2-1-3-5-19)14-26-13-18(12-24-26)21(28)23-9-15-6-7-16-10-22-11-17(16)8-15;/h6-8,12-13,19,22H,1-5,9-11,14H2,(H,23,28)(H,25,27);1H. The Kier molecular flexibility index (Phi) is 7.28. The number of nitrogens with zero attached hydrogens (tertiary/aromatic N) is 2. The molecule has 156 valence electrons. The second kappa shape index (κ2) is 9.89. The number of carbonyl (C=O) groups excluding carboxylic acids is 2. The van der Waals surface area contributed by atoms with E-state index in [0.717, 1.165) is 31.5 Å². The molecule has 0 saturated heterocycles. The van der Waals surface area contributed by atoms with E-state index in [1.807, 2.05) is 6.07 Å². The summed E-state index contributed by atoms with van der Waals surface area (Å²) in [5.74, 6) is -0.230. The Bertz CT molecular complexity index is 861. The summed E-state index contributed by atoms with van der Waals surface area (Å²) >= 11 is 0. The molecule has 1 aromatic heterocycles. The van der Waals surface area contributed by atoms with Crippen molar-refractivity contribution in [3.05, 3.63) is 52.8 Å². The molecule has 29 heavy (non-hydrogen) atoms. The van der Waals surface area contributed by atoms with E-state index in [1.54, 1.807) is 6.20 Å². The van der Waals surface area contributed by atoms with Crippen LogP contribution in [0.15, 0.2) is 30.6 Å². The Labute approximate surface area is 177 Å². The van der Waals surface area contributed by atoms with Crippen LogP contribution in [0.3, 0.4) is 0 Å². The Balaban J connectivity index is 0.00000240. The average Bonchev–Trinajstić information content (AvgIpc) is 3.35. The highest BCUT2D eigenvalue weighted by Crippen LogP contribution is 2.18. The number of fused-ring (bicyclic) bond motifs is 1. The molecule has 0 spiro atoms. The van der Waals surface area contributed by atoms with Crippen LogP contribution in [-0.2, 0) is 31.0 Å². The van der Waals surface area contributed by atoms with Crippen molar-refractivity contribution in [2.45, 2.75) is 64.3 Å². The second-order valence-corrected chi connectivity index (χ2v) is 7.72. The highest BCUT2D eigenvalue weighted by molar-refractivity contribution is 5.93. The molecule has 8 heteroatoms. The quantitative estimate of drug-likeness (QED) is 0.672. The van der Waals surface area contributed by atoms with Crippen molar-refractivity contribution in [3.8, 4) is 0 Å². The van der Waals surface area contributed by atoms with E-state index >= 15 is 0 Å². The van der Waals surface area contributed by atoms with Crippen molar-refractivity contribution >= 4 is 24.2 Å². The third kappa shape index (κ3) is 5.58. The van der Waals surface area contributed by atoms with Crippen LogP contribution in [-0.4, -0.2) is 27.6 Å². The maximum Gasteiger partial charge on any atom is 0.254 e. The van der Waals surface area contributed by atoms with E-state index < -0.39 is 0 Å². The predicted molar refractivity (Wildman–Crippen MR) is 113 cm³/mol. The van der Waals surface area contributed by atoms with Gasteiger partial charge in [0.25, 0.3) is 5.91 Å². The Morgan fingerprint density at radius 2 is 1.93 bits per heavy atom. The third-order valence-corrected chi connectivity index (χ3v) is 5.53. The van der Waals surface area contributed by atoms with E-state index in [9.17, 15) is 9.59 Å². The molecule has 1 aliphatic heterocycles. The molecule has 1 saturated carbocycles. The van der Waals surface area contributed by atoms with E-state index in [0.29, 0.717) is 12.1 Å². The fourth-order valence-corrected chi connectivity index (χ4v) is 3.98. The van der Waals surface area contributed by atoms with E-state index in [-0.39, 0.29) is 36.8 Å². The first-order chi connectivity index (χ1) is 13.7. The van der Waals surface area contributed by atoms with Gasteiger partial charge in [-0.15, -0.1) is 12.4 Å². The Hall–Kier alpha value is -2.38. The summed E-state index contributed by atoms with van der Waals surface area (Å²) < 4.78 is 1.52. The van der Waals surface area contributed by atoms with E-state index in [1.165, 1.54) is 41.3 Å². The molecule has 0 bridgehead atoms. The summed E-state index contributed by atoms with van der Waals surface area (Å²) in [7, 11) is 0. The second-order valence-electron chi connectivity index (χ2n) is 7.72. The van der Waals surface area contributed by atoms with Gasteiger partial charge in [0, 0.05) is 31.9 Å². The van der Waals surface area contributed by atoms with Gasteiger partial charge in [-0.3, -0.25) is 14.3 Å². The molecule has 2 amide bonds. The van der Waals surface area contributed by atoms with Crippen LogP contribution < -0.4 is 16.0 Å². The fraction of sp³-hybridized carbons (Fsp3) is 0.476. The van der Waals surface area contributed by atoms with E-state index in [2.05, 4.69) is 33.2 Å². The zero-order valence-corrected chi connectivity index (χ0v) is 17.3. The largest absolute Gasteiger partial charge is 0.352 e. The number of rotatable bonds is 6. The fourth-order valence-electron chi connectivity index (χ4n) is 3.98. The van der Waals surface area contributed by atoms with Crippen LogP contribution in [0.1, 0.15) is 59.2 Å². The van der Waals surface area contributed by atoms with Gasteiger partial charge in [-0.2, -0.15) is 5.10 Å². The normalized spacial score (nSPS) is 16.0. The first kappa shape index (κ1) is 21.3. The highest BCUT2D eigenvalue weighted by Gasteiger charge is 2.17. The van der Waals surface area contributed by atoms with Crippen molar-refractivity contribution in [1.82, 2.24) is 25.7 Å². The minimum absolute atomic E-state index is 0. The molecule has 4 rings (SSSR count). The molecular weight excluding hydrogens is 390 g/mol. The first-order valence-corrected chi connectivity index (χ1v) is 10.1. The predicted octanol–water partition coefficient (Wildman–Crippen LogP) is 2.29. The highest BCUT2D eigenvalue weighted by atomic mass is 35.5. The molecule has 0 radical (unpaired) electrons. The molecule has 3 N–H and O–H groups in total. The number of hydrogen-bond acceptors (Lipinski definition) is 4. The molecule has 7 nitrogen and oxygen atoms in total. The lowest BCUT2D eigenvalue weighted by atomic mass is 9.95. The average molecular weight is 418 g/mol. The maximum absolute atomic E-state index is 12.4. The Morgan fingerprint density at radius 1 is 1.14 bits per heavy atom. The topological polar surface area (TPSA) is 88.1 Å². The van der Waals surface area contributed by atoms with Crippen LogP contribution in [0.25, 0.3) is 0 Å². The van der Waals surface area contributed by atoms with Gasteiger partial charge >= 0.3 is 0 Å². The van der Waals surface area contributed by atoms with Crippen molar-refractivity contribution < 1.29 is 9.59 Å². The lowest BCUT2D eigenvalue weighted by Crippen LogP contribution is -2.38. The molecule has 2 heterocycles. The molecule has 1 aliphatic carbocycles. The van der Waals surface area contributed by atoms with Gasteiger partial charge in [-0.1, -0.05) is 37.5 Å². The first-order valence-electron chi connectivity index (χ1n) is 10.1.